The molecule has 4 rings (SSSR count). The summed E-state index contributed by atoms with van der Waals surface area (Å²) in [5.74, 6) is 1.53. The predicted octanol–water partition coefficient (Wildman–Crippen LogP) is 3.20. The number of fused-ring (bicyclic) bond motifs is 1. The van der Waals surface area contributed by atoms with Gasteiger partial charge in [-0.05, 0) is 17.7 Å². The lowest BCUT2D eigenvalue weighted by atomic mass is 10.1. The van der Waals surface area contributed by atoms with Crippen LogP contribution < -0.4 is 14.4 Å². The molecule has 1 amide bonds. The summed E-state index contributed by atoms with van der Waals surface area (Å²) < 4.78 is 11.9. The van der Waals surface area contributed by atoms with Crippen LogP contribution in [0.4, 0.5) is 5.13 Å². The molecule has 0 spiro atoms. The van der Waals surface area contributed by atoms with Crippen LogP contribution in [0.3, 0.4) is 0 Å². The molecule has 1 aliphatic heterocycles. The normalized spacial score (nSPS) is 14.4. The number of aromatic nitrogens is 1. The quantitative estimate of drug-likeness (QED) is 0.662. The fourth-order valence-corrected chi connectivity index (χ4v) is 4.48. The van der Waals surface area contributed by atoms with Crippen LogP contribution in [0.5, 0.6) is 11.5 Å². The molecule has 1 aromatic heterocycles. The van der Waals surface area contributed by atoms with Gasteiger partial charge in [-0.2, -0.15) is 0 Å². The lowest BCUT2D eigenvalue weighted by Crippen LogP contribution is -2.49. The largest absolute Gasteiger partial charge is 0.493 e. The Bertz CT molecular complexity index is 966. The van der Waals surface area contributed by atoms with Crippen molar-refractivity contribution >= 4 is 32.6 Å². The van der Waals surface area contributed by atoms with Crippen molar-refractivity contribution in [2.24, 2.45) is 0 Å². The molecule has 2 aromatic carbocycles. The molecule has 7 heteroatoms. The van der Waals surface area contributed by atoms with Crippen LogP contribution in [0.25, 0.3) is 10.2 Å². The number of thiazole rings is 1. The van der Waals surface area contributed by atoms with Crippen molar-refractivity contribution in [3.63, 3.8) is 0 Å². The van der Waals surface area contributed by atoms with Gasteiger partial charge in [0.1, 0.15) is 5.52 Å². The van der Waals surface area contributed by atoms with Gasteiger partial charge in [-0.25, -0.2) is 4.98 Å². The van der Waals surface area contributed by atoms with Crippen molar-refractivity contribution in [3.05, 3.63) is 48.0 Å². The molecule has 1 fully saturated rings. The predicted molar refractivity (Wildman–Crippen MR) is 112 cm³/mol. The lowest BCUT2D eigenvalue weighted by molar-refractivity contribution is -0.130. The number of ether oxygens (including phenoxy) is 2. The van der Waals surface area contributed by atoms with E-state index in [-0.39, 0.29) is 5.91 Å². The fourth-order valence-electron chi connectivity index (χ4n) is 3.46. The maximum absolute atomic E-state index is 12.6. The highest BCUT2D eigenvalue weighted by Crippen LogP contribution is 2.40. The van der Waals surface area contributed by atoms with Gasteiger partial charge in [0, 0.05) is 26.2 Å². The maximum Gasteiger partial charge on any atom is 0.227 e. The van der Waals surface area contributed by atoms with Gasteiger partial charge in [-0.3, -0.25) is 4.79 Å². The minimum atomic E-state index is 0.182. The molecule has 2 heterocycles. The fraction of sp³-hybridized carbons (Fsp3) is 0.333. The Morgan fingerprint density at radius 2 is 1.79 bits per heavy atom. The first-order valence-corrected chi connectivity index (χ1v) is 10.1. The molecule has 0 unspecified atom stereocenters. The number of methoxy groups -OCH3 is 2. The summed E-state index contributed by atoms with van der Waals surface area (Å²) in [5, 5.41) is 0.955. The summed E-state index contributed by atoms with van der Waals surface area (Å²) in [7, 11) is 3.26. The van der Waals surface area contributed by atoms with Gasteiger partial charge >= 0.3 is 0 Å². The molecule has 0 N–H and O–H groups in total. The van der Waals surface area contributed by atoms with Crippen molar-refractivity contribution in [2.45, 2.75) is 6.42 Å². The van der Waals surface area contributed by atoms with Gasteiger partial charge in [0.25, 0.3) is 0 Å². The zero-order valence-electron chi connectivity index (χ0n) is 16.1. The highest BCUT2D eigenvalue weighted by atomic mass is 32.1. The van der Waals surface area contributed by atoms with Gasteiger partial charge in [-0.1, -0.05) is 41.7 Å². The van der Waals surface area contributed by atoms with Gasteiger partial charge < -0.3 is 19.3 Å². The number of carbonyl (C=O) groups is 1. The molecular weight excluding hydrogens is 374 g/mol. The van der Waals surface area contributed by atoms with E-state index < -0.39 is 0 Å². The van der Waals surface area contributed by atoms with Gasteiger partial charge in [-0.15, -0.1) is 0 Å². The van der Waals surface area contributed by atoms with E-state index in [4.69, 9.17) is 14.5 Å². The summed E-state index contributed by atoms with van der Waals surface area (Å²) in [5.41, 5.74) is 1.88. The van der Waals surface area contributed by atoms with E-state index in [1.165, 1.54) is 0 Å². The first-order valence-electron chi connectivity index (χ1n) is 9.27. The smallest absolute Gasteiger partial charge is 0.227 e. The molecule has 0 atom stereocenters. The molecule has 6 nitrogen and oxygen atoms in total. The molecule has 146 valence electrons. The number of amides is 1. The Hall–Kier alpha value is -2.80. The average Bonchev–Trinajstić information content (AvgIpc) is 3.18. The van der Waals surface area contributed by atoms with Crippen LogP contribution in [0.15, 0.2) is 42.5 Å². The monoisotopic (exact) mass is 397 g/mol. The van der Waals surface area contributed by atoms with Gasteiger partial charge in [0.15, 0.2) is 16.6 Å². The number of rotatable bonds is 5. The van der Waals surface area contributed by atoms with E-state index >= 15 is 0 Å². The van der Waals surface area contributed by atoms with Crippen LogP contribution in [-0.4, -0.2) is 56.2 Å². The number of carbonyl (C=O) groups excluding carboxylic acids is 1. The number of benzene rings is 2. The molecule has 3 aromatic rings. The Labute approximate surface area is 168 Å². The molecule has 0 radical (unpaired) electrons. The number of hydrogen-bond acceptors (Lipinski definition) is 6. The van der Waals surface area contributed by atoms with E-state index in [0.29, 0.717) is 31.0 Å². The third-order valence-corrected chi connectivity index (χ3v) is 6.07. The van der Waals surface area contributed by atoms with Crippen LogP contribution in [-0.2, 0) is 11.2 Å². The van der Waals surface area contributed by atoms with Crippen LogP contribution in [0, 0.1) is 0 Å². The molecule has 1 saturated heterocycles. The molecule has 0 aliphatic carbocycles. The number of hydrogen-bond donors (Lipinski definition) is 0. The van der Waals surface area contributed by atoms with Gasteiger partial charge in [0.05, 0.1) is 25.3 Å². The standard InChI is InChI=1S/C21H23N3O3S/c1-26-16-8-9-17-19(20(16)27-2)22-21(28-17)24-12-10-23(11-13-24)18(25)14-15-6-4-3-5-7-15/h3-9H,10-14H2,1-2H3. The summed E-state index contributed by atoms with van der Waals surface area (Å²) >= 11 is 1.64. The van der Waals surface area contributed by atoms with Crippen molar-refractivity contribution in [1.82, 2.24) is 9.88 Å². The minimum Gasteiger partial charge on any atom is -0.493 e. The average molecular weight is 398 g/mol. The second kappa shape index (κ2) is 8.06. The highest BCUT2D eigenvalue weighted by Gasteiger charge is 2.24. The van der Waals surface area contributed by atoms with Crippen molar-refractivity contribution < 1.29 is 14.3 Å². The van der Waals surface area contributed by atoms with E-state index in [9.17, 15) is 4.79 Å². The number of piperazine rings is 1. The van der Waals surface area contributed by atoms with E-state index in [1.54, 1.807) is 25.6 Å². The first-order chi connectivity index (χ1) is 13.7. The SMILES string of the molecule is COc1ccc2sc(N3CCN(C(=O)Cc4ccccc4)CC3)nc2c1OC. The minimum absolute atomic E-state index is 0.182. The first kappa shape index (κ1) is 18.6. The van der Waals surface area contributed by atoms with Crippen molar-refractivity contribution in [1.29, 1.82) is 0 Å². The molecule has 28 heavy (non-hydrogen) atoms. The van der Waals surface area contributed by atoms with E-state index in [1.807, 2.05) is 47.4 Å². The zero-order valence-corrected chi connectivity index (χ0v) is 16.9. The molecule has 0 saturated carbocycles. The topological polar surface area (TPSA) is 54.9 Å². The Morgan fingerprint density at radius 3 is 2.46 bits per heavy atom. The summed E-state index contributed by atoms with van der Waals surface area (Å²) in [6.45, 7) is 2.98. The third-order valence-electron chi connectivity index (χ3n) is 4.99. The van der Waals surface area contributed by atoms with Crippen LogP contribution in [0.2, 0.25) is 0 Å². The summed E-state index contributed by atoms with van der Waals surface area (Å²) in [6.07, 6.45) is 0.457. The molecule has 0 bridgehead atoms. The van der Waals surface area contributed by atoms with Gasteiger partial charge in [0.2, 0.25) is 5.91 Å². The molecule has 1 aliphatic rings. The second-order valence-electron chi connectivity index (χ2n) is 6.67. The van der Waals surface area contributed by atoms with Crippen molar-refractivity contribution in [2.75, 3.05) is 45.3 Å². The summed E-state index contributed by atoms with van der Waals surface area (Å²) in [4.78, 5) is 21.5. The number of anilines is 1. The molecular formula is C21H23N3O3S. The van der Waals surface area contributed by atoms with Crippen molar-refractivity contribution in [3.8, 4) is 11.5 Å². The highest BCUT2D eigenvalue weighted by molar-refractivity contribution is 7.22. The number of nitrogens with zero attached hydrogens (tertiary/aromatic N) is 3. The second-order valence-corrected chi connectivity index (χ2v) is 7.68. The lowest BCUT2D eigenvalue weighted by Gasteiger charge is -2.34. The Morgan fingerprint density at radius 1 is 1.04 bits per heavy atom. The summed E-state index contributed by atoms with van der Waals surface area (Å²) in [6, 6.07) is 13.8. The Balaban J connectivity index is 1.44. The van der Waals surface area contributed by atoms with Crippen LogP contribution in [0.1, 0.15) is 5.56 Å². The van der Waals surface area contributed by atoms with E-state index in [0.717, 1.165) is 34.0 Å². The van der Waals surface area contributed by atoms with Crippen LogP contribution >= 0.6 is 11.3 Å². The van der Waals surface area contributed by atoms with E-state index in [2.05, 4.69) is 4.90 Å². The maximum atomic E-state index is 12.6. The third kappa shape index (κ3) is 3.62. The zero-order chi connectivity index (χ0) is 19.5. The Kier molecular flexibility index (Phi) is 5.34.